The number of hydrogen-bond donors (Lipinski definition) is 1. The molecule has 0 radical (unpaired) electrons. The van der Waals surface area contributed by atoms with Crippen LogP contribution in [-0.4, -0.2) is 98.5 Å². The summed E-state index contributed by atoms with van der Waals surface area (Å²) in [5.41, 5.74) is 0. The molecule has 0 aromatic heterocycles. The topological polar surface area (TPSA) is 106 Å². The lowest BCUT2D eigenvalue weighted by Crippen LogP contribution is -2.33. The average Bonchev–Trinajstić information content (AvgIpc) is 3.17. The van der Waals surface area contributed by atoms with Crippen LogP contribution in [-0.2, 0) is 28.6 Å². The molecule has 0 aliphatic rings. The van der Waals surface area contributed by atoms with E-state index in [0.717, 1.165) is 64.8 Å². The quantitative estimate of drug-likeness (QED) is 0.0215. The number of allylic oxidation sites excluding steroid dienone is 4. The number of aliphatic hydroxyl groups excluding tert-OH is 1. The van der Waals surface area contributed by atoms with Gasteiger partial charge in [-0.1, -0.05) is 115 Å². The van der Waals surface area contributed by atoms with Crippen molar-refractivity contribution in [2.75, 3.05) is 65.7 Å². The number of unbranched alkanes of at least 4 members (excludes halogenated alkanes) is 12. The zero-order valence-electron chi connectivity index (χ0n) is 34.9. The van der Waals surface area contributed by atoms with Crippen LogP contribution in [0.15, 0.2) is 42.2 Å². The predicted octanol–water partition coefficient (Wildman–Crippen LogP) is 9.71. The number of rotatable bonds is 40. The van der Waals surface area contributed by atoms with E-state index in [1.54, 1.807) is 0 Å². The van der Waals surface area contributed by atoms with Crippen LogP contribution in [0.2, 0.25) is 0 Å². The van der Waals surface area contributed by atoms with E-state index in [9.17, 15) is 19.5 Å². The average molecular weight is 761 g/mol. The predicted molar refractivity (Wildman–Crippen MR) is 223 cm³/mol. The molecule has 0 rings (SSSR count). The van der Waals surface area contributed by atoms with Gasteiger partial charge in [-0.2, -0.15) is 0 Å². The Morgan fingerprint density at radius 1 is 0.481 bits per heavy atom. The number of carbonyl (C=O) groups is 2. The second kappa shape index (κ2) is 41.5. The smallest absolute Gasteiger partial charge is 0.306 e. The Bertz CT molecular complexity index is 962. The molecule has 0 fully saturated rings. The number of carbonyl (C=O) groups excluding carboxylic acids is 3. The Hall–Kier alpha value is -2.71. The first kappa shape index (κ1) is 51.3. The van der Waals surface area contributed by atoms with Gasteiger partial charge in [0.05, 0.1) is 6.61 Å². The Balaban J connectivity index is 4.77. The van der Waals surface area contributed by atoms with E-state index in [1.807, 2.05) is 24.2 Å². The summed E-state index contributed by atoms with van der Waals surface area (Å²) in [5, 5.41) is 9.69. The van der Waals surface area contributed by atoms with Gasteiger partial charge in [0.2, 0.25) is 0 Å². The summed E-state index contributed by atoms with van der Waals surface area (Å²) in [6.45, 7) is 12.1. The molecule has 0 saturated heterocycles. The van der Waals surface area contributed by atoms with Crippen molar-refractivity contribution < 1.29 is 33.7 Å². The van der Waals surface area contributed by atoms with Gasteiger partial charge in [0.15, 0.2) is 11.7 Å². The third-order valence-corrected chi connectivity index (χ3v) is 9.28. The van der Waals surface area contributed by atoms with Crippen molar-refractivity contribution in [1.82, 2.24) is 9.80 Å². The van der Waals surface area contributed by atoms with Crippen molar-refractivity contribution >= 4 is 17.9 Å². The molecule has 54 heavy (non-hydrogen) atoms. The monoisotopic (exact) mass is 761 g/mol. The van der Waals surface area contributed by atoms with Crippen LogP contribution in [0.1, 0.15) is 162 Å². The van der Waals surface area contributed by atoms with Gasteiger partial charge in [-0.25, -0.2) is 4.79 Å². The fourth-order valence-electron chi connectivity index (χ4n) is 6.04. The number of aliphatic hydroxyl groups is 1. The van der Waals surface area contributed by atoms with E-state index in [0.29, 0.717) is 64.2 Å². The van der Waals surface area contributed by atoms with E-state index in [1.165, 1.54) is 77.0 Å². The lowest BCUT2D eigenvalue weighted by atomic mass is 10.1. The number of esters is 2. The third kappa shape index (κ3) is 36.3. The van der Waals surface area contributed by atoms with Gasteiger partial charge in [0, 0.05) is 25.8 Å². The van der Waals surface area contributed by atoms with Crippen molar-refractivity contribution in [2.24, 2.45) is 0 Å². The molecule has 0 saturated carbocycles. The third-order valence-electron chi connectivity index (χ3n) is 9.28. The summed E-state index contributed by atoms with van der Waals surface area (Å²) in [5.74, 6) is 1.92. The maximum atomic E-state index is 12.4. The molecule has 0 aromatic carbocycles. The largest absolute Gasteiger partial charge is 0.482 e. The number of hydrogen-bond acceptors (Lipinski definition) is 9. The van der Waals surface area contributed by atoms with Gasteiger partial charge in [-0.3, -0.25) is 9.59 Å². The summed E-state index contributed by atoms with van der Waals surface area (Å²) in [6, 6.07) is 0. The molecular formula is C45H80N2O7. The zero-order valence-corrected chi connectivity index (χ0v) is 34.9. The lowest BCUT2D eigenvalue weighted by Gasteiger charge is -2.25. The molecule has 0 amide bonds. The van der Waals surface area contributed by atoms with E-state index < -0.39 is 0 Å². The van der Waals surface area contributed by atoms with Crippen molar-refractivity contribution in [3.8, 4) is 0 Å². The van der Waals surface area contributed by atoms with Crippen LogP contribution < -0.4 is 0 Å². The maximum Gasteiger partial charge on any atom is 0.306 e. The number of ether oxygens (including phenoxy) is 3. The number of nitrogens with zero attached hydrogens (tertiary/aromatic N) is 2. The van der Waals surface area contributed by atoms with Gasteiger partial charge in [-0.05, 0) is 96.9 Å². The molecule has 0 atom stereocenters. The normalized spacial score (nSPS) is 11.7. The highest BCUT2D eigenvalue weighted by Gasteiger charge is 2.12. The fourth-order valence-corrected chi connectivity index (χ4v) is 6.04. The van der Waals surface area contributed by atoms with Crippen molar-refractivity contribution in [3.63, 3.8) is 0 Å². The summed E-state index contributed by atoms with van der Waals surface area (Å²) in [4.78, 5) is 40.7. The standard InChI is InChI=1S/C45H80N2O7/c1-4-7-10-13-16-19-22-39-52-43(42-49)29-25-32-47(37-38-48)36-28-35-46(33-26-30-44(50)53-40-23-20-17-14-11-8-5-2)34-27-31-45(51)54-41-24-21-18-15-12-9-6-3/h19-24,48H,4-18,25-41H2,1-3H3/b22-19-,23-20-,24-21-. The minimum atomic E-state index is -0.187. The first-order chi connectivity index (χ1) is 26.5. The van der Waals surface area contributed by atoms with Crippen molar-refractivity contribution in [2.45, 2.75) is 162 Å². The molecule has 0 spiro atoms. The van der Waals surface area contributed by atoms with Crippen LogP contribution in [0.5, 0.6) is 0 Å². The molecule has 0 heterocycles. The molecule has 0 bridgehead atoms. The van der Waals surface area contributed by atoms with Gasteiger partial charge < -0.3 is 29.1 Å². The van der Waals surface area contributed by atoms with Crippen molar-refractivity contribution in [1.29, 1.82) is 0 Å². The Morgan fingerprint density at radius 2 is 0.870 bits per heavy atom. The van der Waals surface area contributed by atoms with Crippen molar-refractivity contribution in [3.05, 3.63) is 42.2 Å². The van der Waals surface area contributed by atoms with E-state index in [4.69, 9.17) is 14.2 Å². The molecule has 1 N–H and O–H groups in total. The first-order valence-electron chi connectivity index (χ1n) is 21.7. The highest BCUT2D eigenvalue weighted by molar-refractivity contribution is 5.69. The molecule has 312 valence electrons. The molecule has 9 nitrogen and oxygen atoms in total. The Morgan fingerprint density at radius 3 is 1.28 bits per heavy atom. The minimum Gasteiger partial charge on any atom is -0.482 e. The van der Waals surface area contributed by atoms with E-state index in [-0.39, 0.29) is 18.5 Å². The summed E-state index contributed by atoms with van der Waals surface area (Å²) in [7, 11) is 0. The maximum absolute atomic E-state index is 12.4. The SMILES string of the molecule is CCCCCC/C=C\COC(=O)CCCN(CCCC(=O)OC/C=C\CCCCCC)CCCN(CCO)CCCC(=C=O)OC/C=C\CCCCCC. The molecule has 0 aliphatic carbocycles. The zero-order chi connectivity index (χ0) is 39.6. The van der Waals surface area contributed by atoms with Gasteiger partial charge in [0.1, 0.15) is 19.8 Å². The minimum absolute atomic E-state index is 0.0615. The van der Waals surface area contributed by atoms with Crippen LogP contribution in [0.4, 0.5) is 0 Å². The van der Waals surface area contributed by atoms with E-state index in [2.05, 4.69) is 48.8 Å². The molecular weight excluding hydrogens is 681 g/mol. The second-order valence-electron chi connectivity index (χ2n) is 14.2. The lowest BCUT2D eigenvalue weighted by molar-refractivity contribution is -0.143. The summed E-state index contributed by atoms with van der Waals surface area (Å²) in [6.07, 6.45) is 34.1. The molecule has 0 aromatic rings. The van der Waals surface area contributed by atoms with Gasteiger partial charge in [-0.15, -0.1) is 0 Å². The highest BCUT2D eigenvalue weighted by atomic mass is 16.5. The fraction of sp³-hybridized carbons (Fsp3) is 0.778. The van der Waals surface area contributed by atoms with Gasteiger partial charge in [0.25, 0.3) is 0 Å². The van der Waals surface area contributed by atoms with Gasteiger partial charge >= 0.3 is 11.9 Å². The molecule has 9 heteroatoms. The van der Waals surface area contributed by atoms with Crippen LogP contribution in [0, 0.1) is 0 Å². The second-order valence-corrected chi connectivity index (χ2v) is 14.2. The molecule has 0 aliphatic heterocycles. The van der Waals surface area contributed by atoms with Crippen LogP contribution in [0.25, 0.3) is 0 Å². The van der Waals surface area contributed by atoms with Crippen LogP contribution >= 0.6 is 0 Å². The first-order valence-corrected chi connectivity index (χ1v) is 21.7. The Kier molecular flexibility index (Phi) is 39.4. The summed E-state index contributed by atoms with van der Waals surface area (Å²) >= 11 is 0. The Labute approximate surface area is 330 Å². The molecule has 0 unspecified atom stereocenters. The van der Waals surface area contributed by atoms with E-state index >= 15 is 0 Å². The summed E-state index contributed by atoms with van der Waals surface area (Å²) < 4.78 is 16.5. The highest BCUT2D eigenvalue weighted by Crippen LogP contribution is 2.09. The van der Waals surface area contributed by atoms with Crippen LogP contribution in [0.3, 0.4) is 0 Å².